The Labute approximate surface area is 179 Å². The highest BCUT2D eigenvalue weighted by Crippen LogP contribution is 2.60. The van der Waals surface area contributed by atoms with Crippen LogP contribution in [0.3, 0.4) is 0 Å². The smallest absolute Gasteiger partial charge is 0.335 e. The Morgan fingerprint density at radius 2 is 1.71 bits per heavy atom. The third-order valence-electron chi connectivity index (χ3n) is 7.29. The largest absolute Gasteiger partial charge is 0.493 e. The minimum atomic E-state index is -0.765. The number of carbonyl (C=O) groups is 1. The first-order chi connectivity index (χ1) is 14.8. The van der Waals surface area contributed by atoms with E-state index in [0.717, 1.165) is 35.6 Å². The Morgan fingerprint density at radius 1 is 1.13 bits per heavy atom. The number of carbonyl (C=O) groups excluding carboxylic acids is 1. The molecular weight excluding hydrogens is 396 g/mol. The number of rotatable bonds is 4. The highest BCUT2D eigenvalue weighted by atomic mass is 16.3. The van der Waals surface area contributed by atoms with Gasteiger partial charge in [0.1, 0.15) is 5.56 Å². The van der Waals surface area contributed by atoms with Crippen LogP contribution in [-0.2, 0) is 4.79 Å². The van der Waals surface area contributed by atoms with Crippen molar-refractivity contribution in [3.63, 3.8) is 0 Å². The molecule has 4 aliphatic rings. The molecule has 0 atom stereocenters. The fraction of sp³-hybridized carbons (Fsp3) is 0.478. The summed E-state index contributed by atoms with van der Waals surface area (Å²) in [4.78, 5) is 39.7. The fourth-order valence-electron chi connectivity index (χ4n) is 6.25. The molecule has 4 saturated carbocycles. The number of aryl methyl sites for hydroxylation is 1. The molecule has 1 amide bonds. The van der Waals surface area contributed by atoms with Gasteiger partial charge in [0.25, 0.3) is 5.56 Å². The van der Waals surface area contributed by atoms with E-state index in [-0.39, 0.29) is 16.9 Å². The molecule has 31 heavy (non-hydrogen) atoms. The van der Waals surface area contributed by atoms with Gasteiger partial charge in [-0.15, -0.1) is 0 Å². The maximum absolute atomic E-state index is 13.0. The second kappa shape index (κ2) is 7.21. The number of aromatic nitrogens is 2. The molecular formula is C23H26N4O4. The van der Waals surface area contributed by atoms with Crippen molar-refractivity contribution in [3.8, 4) is 11.6 Å². The Balaban J connectivity index is 1.39. The lowest BCUT2D eigenvalue weighted by Gasteiger charge is -2.55. The standard InChI is InChI=1S/C23H26N4O4/c1-13-2-4-17(5-3-13)27-20(29)18(19(28)25-22(27)31)12-24-26-21(30)23-9-14-6-15(10-23)8-16(7-14)11-23/h2-5,12,14-16,29H,6-11H2,1H3,(H,26,30)(H,25,28,31)/b24-12+. The van der Waals surface area contributed by atoms with E-state index in [1.165, 1.54) is 19.3 Å². The predicted molar refractivity (Wildman–Crippen MR) is 115 cm³/mol. The van der Waals surface area contributed by atoms with Crippen LogP contribution in [0.4, 0.5) is 0 Å². The van der Waals surface area contributed by atoms with Gasteiger partial charge in [0.05, 0.1) is 17.3 Å². The number of hydrogen-bond acceptors (Lipinski definition) is 5. The van der Waals surface area contributed by atoms with Crippen LogP contribution in [0.2, 0.25) is 0 Å². The average molecular weight is 422 g/mol. The summed E-state index contributed by atoms with van der Waals surface area (Å²) in [6.07, 6.45) is 7.54. The van der Waals surface area contributed by atoms with E-state index in [1.807, 2.05) is 6.92 Å². The summed E-state index contributed by atoms with van der Waals surface area (Å²) in [7, 11) is 0. The Kier molecular flexibility index (Phi) is 4.60. The molecule has 0 saturated heterocycles. The summed E-state index contributed by atoms with van der Waals surface area (Å²) in [6, 6.07) is 6.94. The lowest BCUT2D eigenvalue weighted by molar-refractivity contribution is -0.146. The zero-order chi connectivity index (χ0) is 21.8. The molecule has 3 N–H and O–H groups in total. The molecule has 8 nitrogen and oxygen atoms in total. The highest BCUT2D eigenvalue weighted by Gasteiger charge is 2.54. The van der Waals surface area contributed by atoms with Crippen LogP contribution >= 0.6 is 0 Å². The van der Waals surface area contributed by atoms with Crippen molar-refractivity contribution in [2.45, 2.75) is 45.4 Å². The van der Waals surface area contributed by atoms with Crippen molar-refractivity contribution < 1.29 is 9.90 Å². The van der Waals surface area contributed by atoms with Gasteiger partial charge >= 0.3 is 5.69 Å². The van der Waals surface area contributed by atoms with E-state index in [9.17, 15) is 19.5 Å². The van der Waals surface area contributed by atoms with E-state index < -0.39 is 17.1 Å². The lowest BCUT2D eigenvalue weighted by atomic mass is 9.49. The summed E-state index contributed by atoms with van der Waals surface area (Å²) in [6.45, 7) is 1.91. The summed E-state index contributed by atoms with van der Waals surface area (Å²) < 4.78 is 1.00. The van der Waals surface area contributed by atoms with Crippen molar-refractivity contribution in [1.29, 1.82) is 0 Å². The van der Waals surface area contributed by atoms with Gasteiger partial charge in [0.15, 0.2) is 0 Å². The van der Waals surface area contributed by atoms with E-state index in [1.54, 1.807) is 24.3 Å². The van der Waals surface area contributed by atoms with E-state index in [0.29, 0.717) is 23.4 Å². The Bertz CT molecular complexity index is 1140. The molecule has 6 rings (SSSR count). The van der Waals surface area contributed by atoms with Crippen molar-refractivity contribution in [1.82, 2.24) is 15.0 Å². The zero-order valence-electron chi connectivity index (χ0n) is 17.4. The van der Waals surface area contributed by atoms with Crippen LogP contribution in [-0.4, -0.2) is 26.8 Å². The topological polar surface area (TPSA) is 117 Å². The number of amides is 1. The maximum atomic E-state index is 13.0. The van der Waals surface area contributed by atoms with Crippen molar-refractivity contribution in [2.75, 3.05) is 0 Å². The van der Waals surface area contributed by atoms with Gasteiger partial charge < -0.3 is 5.11 Å². The number of nitrogens with one attached hydrogen (secondary N) is 2. The minimum absolute atomic E-state index is 0.106. The van der Waals surface area contributed by atoms with E-state index >= 15 is 0 Å². The van der Waals surface area contributed by atoms with Gasteiger partial charge in [-0.25, -0.2) is 14.8 Å². The molecule has 1 heterocycles. The fourth-order valence-corrected chi connectivity index (χ4v) is 6.25. The van der Waals surface area contributed by atoms with Crippen molar-refractivity contribution >= 4 is 12.1 Å². The monoisotopic (exact) mass is 422 g/mol. The number of nitrogens with zero attached hydrogens (tertiary/aromatic N) is 2. The third kappa shape index (κ3) is 3.40. The molecule has 1 aromatic heterocycles. The van der Waals surface area contributed by atoms with Crippen LogP contribution < -0.4 is 16.7 Å². The van der Waals surface area contributed by atoms with E-state index in [2.05, 4.69) is 15.5 Å². The Morgan fingerprint density at radius 3 is 2.29 bits per heavy atom. The summed E-state index contributed by atoms with van der Waals surface area (Å²) in [5, 5.41) is 14.6. The summed E-state index contributed by atoms with van der Waals surface area (Å²) in [5.74, 6) is 1.26. The van der Waals surface area contributed by atoms with Crippen molar-refractivity contribution in [2.24, 2.45) is 28.3 Å². The second-order valence-electron chi connectivity index (χ2n) is 9.56. The number of hydrazone groups is 1. The highest BCUT2D eigenvalue weighted by molar-refractivity contribution is 5.86. The Hall–Kier alpha value is -3.16. The molecule has 4 aliphatic carbocycles. The van der Waals surface area contributed by atoms with Gasteiger partial charge in [0.2, 0.25) is 11.8 Å². The van der Waals surface area contributed by atoms with Gasteiger partial charge in [-0.05, 0) is 75.3 Å². The molecule has 4 bridgehead atoms. The molecule has 162 valence electrons. The molecule has 0 aliphatic heterocycles. The normalized spacial score (nSPS) is 28.9. The summed E-state index contributed by atoms with van der Waals surface area (Å²) >= 11 is 0. The van der Waals surface area contributed by atoms with Gasteiger partial charge in [-0.1, -0.05) is 17.7 Å². The molecule has 4 fully saturated rings. The molecule has 2 aromatic rings. The zero-order valence-corrected chi connectivity index (χ0v) is 17.4. The molecule has 0 spiro atoms. The maximum Gasteiger partial charge on any atom is 0.335 e. The first-order valence-electron chi connectivity index (χ1n) is 10.8. The molecule has 8 heteroatoms. The number of H-pyrrole nitrogens is 1. The number of aromatic amines is 1. The van der Waals surface area contributed by atoms with Crippen LogP contribution in [0.25, 0.3) is 5.69 Å². The quantitative estimate of drug-likeness (QED) is 0.517. The van der Waals surface area contributed by atoms with Gasteiger partial charge in [-0.3, -0.25) is 14.6 Å². The second-order valence-corrected chi connectivity index (χ2v) is 9.56. The van der Waals surface area contributed by atoms with E-state index in [4.69, 9.17) is 0 Å². The van der Waals surface area contributed by atoms with Gasteiger partial charge in [0, 0.05) is 0 Å². The van der Waals surface area contributed by atoms with Gasteiger partial charge in [-0.2, -0.15) is 5.10 Å². The molecule has 0 radical (unpaired) electrons. The van der Waals surface area contributed by atoms with Crippen LogP contribution in [0.15, 0.2) is 39.0 Å². The number of hydrogen-bond donors (Lipinski definition) is 3. The SMILES string of the molecule is Cc1ccc(-n2c(O)c(/C=N/NC(=O)C34CC5CC(CC(C5)C3)C4)c(=O)[nH]c2=O)cc1. The average Bonchev–Trinajstić information content (AvgIpc) is 2.70. The van der Waals surface area contributed by atoms with Crippen LogP contribution in [0.5, 0.6) is 5.88 Å². The minimum Gasteiger partial charge on any atom is -0.493 e. The third-order valence-corrected chi connectivity index (χ3v) is 7.29. The van der Waals surface area contributed by atoms with Crippen LogP contribution in [0, 0.1) is 30.1 Å². The molecule has 1 aromatic carbocycles. The number of aromatic hydroxyl groups is 1. The van der Waals surface area contributed by atoms with Crippen LogP contribution in [0.1, 0.15) is 49.7 Å². The van der Waals surface area contributed by atoms with Crippen molar-refractivity contribution in [3.05, 3.63) is 56.2 Å². The summed E-state index contributed by atoms with van der Waals surface area (Å²) in [5.41, 5.74) is 1.95. The molecule has 0 unspecified atom stereocenters. The first-order valence-corrected chi connectivity index (χ1v) is 10.8. The lowest BCUT2D eigenvalue weighted by Crippen LogP contribution is -2.52. The first kappa shape index (κ1) is 19.8. The number of benzene rings is 1. The predicted octanol–water partition coefficient (Wildman–Crippen LogP) is 2.21.